The largest absolute Gasteiger partial charge is 0.342 e. The summed E-state index contributed by atoms with van der Waals surface area (Å²) in [6.45, 7) is 3.78. The molecule has 1 saturated carbocycles. The van der Waals surface area contributed by atoms with Crippen LogP contribution in [0.2, 0.25) is 0 Å². The van der Waals surface area contributed by atoms with Gasteiger partial charge >= 0.3 is 0 Å². The molecule has 3 heteroatoms. The summed E-state index contributed by atoms with van der Waals surface area (Å²) in [5, 5.41) is 0. The molecule has 1 aromatic carbocycles. The lowest BCUT2D eigenvalue weighted by molar-refractivity contribution is -0.135. The Hall–Kier alpha value is -2.16. The van der Waals surface area contributed by atoms with Crippen molar-refractivity contribution in [3.8, 4) is 11.1 Å². The van der Waals surface area contributed by atoms with Gasteiger partial charge in [0.2, 0.25) is 5.91 Å². The van der Waals surface area contributed by atoms with Crippen LogP contribution in [-0.4, -0.2) is 28.9 Å². The summed E-state index contributed by atoms with van der Waals surface area (Å²) in [6, 6.07) is 14.9. The highest BCUT2D eigenvalue weighted by Crippen LogP contribution is 2.32. The first kappa shape index (κ1) is 17.3. The third-order valence-electron chi connectivity index (χ3n) is 5.95. The molecule has 2 heterocycles. The molecule has 2 aliphatic rings. The van der Waals surface area contributed by atoms with Crippen molar-refractivity contribution in [3.63, 3.8) is 0 Å². The smallest absolute Gasteiger partial charge is 0.225 e. The maximum absolute atomic E-state index is 12.8. The van der Waals surface area contributed by atoms with Crippen molar-refractivity contribution in [1.82, 2.24) is 9.88 Å². The summed E-state index contributed by atoms with van der Waals surface area (Å²) >= 11 is 0. The van der Waals surface area contributed by atoms with E-state index < -0.39 is 0 Å². The molecule has 2 fully saturated rings. The molecule has 3 nitrogen and oxygen atoms in total. The zero-order valence-corrected chi connectivity index (χ0v) is 15.7. The highest BCUT2D eigenvalue weighted by atomic mass is 16.2. The van der Waals surface area contributed by atoms with E-state index in [-0.39, 0.29) is 5.92 Å². The fraction of sp³-hybridized carbons (Fsp3) is 0.478. The number of carbonyl (C=O) groups excluding carboxylic acids is 1. The molecular formula is C23H28N2O. The van der Waals surface area contributed by atoms with Crippen LogP contribution in [0.15, 0.2) is 42.5 Å². The van der Waals surface area contributed by atoms with Gasteiger partial charge in [0.1, 0.15) is 0 Å². The zero-order valence-electron chi connectivity index (χ0n) is 15.7. The highest BCUT2D eigenvalue weighted by Gasteiger charge is 2.32. The molecule has 1 aliphatic carbocycles. The second kappa shape index (κ2) is 7.61. The number of likely N-dealkylation sites (tertiary alicyclic amines) is 1. The average molecular weight is 348 g/mol. The molecule has 1 aromatic heterocycles. The van der Waals surface area contributed by atoms with Crippen LogP contribution in [0.1, 0.15) is 55.8 Å². The molecule has 1 saturated heterocycles. The molecule has 1 unspecified atom stereocenters. The molecule has 4 rings (SSSR count). The van der Waals surface area contributed by atoms with Gasteiger partial charge in [-0.15, -0.1) is 0 Å². The van der Waals surface area contributed by atoms with Crippen LogP contribution in [0.3, 0.4) is 0 Å². The van der Waals surface area contributed by atoms with Gasteiger partial charge in [-0.3, -0.25) is 9.78 Å². The van der Waals surface area contributed by atoms with Crippen molar-refractivity contribution in [2.45, 2.75) is 51.4 Å². The number of aromatic nitrogens is 1. The van der Waals surface area contributed by atoms with Crippen molar-refractivity contribution in [3.05, 3.63) is 53.9 Å². The number of pyridine rings is 1. The predicted molar refractivity (Wildman–Crippen MR) is 105 cm³/mol. The minimum Gasteiger partial charge on any atom is -0.342 e. The Bertz CT molecular complexity index is 765. The maximum Gasteiger partial charge on any atom is 0.225 e. The summed E-state index contributed by atoms with van der Waals surface area (Å²) in [4.78, 5) is 19.8. The average Bonchev–Trinajstić information content (AvgIpc) is 3.18. The van der Waals surface area contributed by atoms with E-state index in [0.29, 0.717) is 11.8 Å². The topological polar surface area (TPSA) is 33.2 Å². The first-order valence-electron chi connectivity index (χ1n) is 10.0. The van der Waals surface area contributed by atoms with E-state index in [1.807, 2.05) is 6.07 Å². The van der Waals surface area contributed by atoms with Crippen LogP contribution >= 0.6 is 0 Å². The lowest BCUT2D eigenvalue weighted by Crippen LogP contribution is -2.35. The Morgan fingerprint density at radius 3 is 2.54 bits per heavy atom. The molecule has 1 aliphatic heterocycles. The Kier molecular flexibility index (Phi) is 5.05. The first-order chi connectivity index (χ1) is 12.7. The molecule has 26 heavy (non-hydrogen) atoms. The molecular weight excluding hydrogens is 320 g/mol. The second-order valence-corrected chi connectivity index (χ2v) is 7.89. The normalized spacial score (nSPS) is 21.1. The van der Waals surface area contributed by atoms with E-state index in [2.05, 4.69) is 48.2 Å². The number of hydrogen-bond acceptors (Lipinski definition) is 2. The van der Waals surface area contributed by atoms with Gasteiger partial charge in [0, 0.05) is 36.3 Å². The summed E-state index contributed by atoms with van der Waals surface area (Å²) in [5.41, 5.74) is 4.65. The Balaban J connectivity index is 1.50. The fourth-order valence-corrected chi connectivity index (χ4v) is 4.51. The van der Waals surface area contributed by atoms with Gasteiger partial charge in [-0.2, -0.15) is 0 Å². The van der Waals surface area contributed by atoms with E-state index in [9.17, 15) is 4.79 Å². The molecule has 0 radical (unpaired) electrons. The van der Waals surface area contributed by atoms with Crippen LogP contribution in [0.25, 0.3) is 11.1 Å². The van der Waals surface area contributed by atoms with Crippen molar-refractivity contribution >= 4 is 5.91 Å². The fourth-order valence-electron chi connectivity index (χ4n) is 4.51. The van der Waals surface area contributed by atoms with Gasteiger partial charge in [-0.25, -0.2) is 0 Å². The molecule has 0 spiro atoms. The van der Waals surface area contributed by atoms with Gasteiger partial charge in [0.25, 0.3) is 0 Å². The molecule has 136 valence electrons. The lowest BCUT2D eigenvalue weighted by Gasteiger charge is -2.26. The minimum absolute atomic E-state index is 0.271. The van der Waals surface area contributed by atoms with E-state index >= 15 is 0 Å². The Morgan fingerprint density at radius 2 is 1.77 bits per heavy atom. The minimum atomic E-state index is 0.271. The summed E-state index contributed by atoms with van der Waals surface area (Å²) in [5.74, 6) is 1.03. The SMILES string of the molecule is Cc1cc(-c2ccccc2)cc(C2CCN(C(=O)C3CCCCC3)C2)n1. The van der Waals surface area contributed by atoms with Gasteiger partial charge in [0.05, 0.1) is 0 Å². The number of amides is 1. The number of aryl methyl sites for hydroxylation is 1. The highest BCUT2D eigenvalue weighted by molar-refractivity contribution is 5.79. The van der Waals surface area contributed by atoms with E-state index in [1.165, 1.54) is 30.4 Å². The maximum atomic E-state index is 12.8. The van der Waals surface area contributed by atoms with Gasteiger partial charge in [-0.1, -0.05) is 49.6 Å². The van der Waals surface area contributed by atoms with Crippen LogP contribution in [0, 0.1) is 12.8 Å². The second-order valence-electron chi connectivity index (χ2n) is 7.89. The van der Waals surface area contributed by atoms with Crippen LogP contribution in [-0.2, 0) is 4.79 Å². The third-order valence-corrected chi connectivity index (χ3v) is 5.95. The standard InChI is InChI=1S/C23H28N2O/c1-17-14-21(18-8-4-2-5-9-18)15-22(24-17)20-12-13-25(16-20)23(26)19-10-6-3-7-11-19/h2,4-5,8-9,14-15,19-20H,3,6-7,10-13,16H2,1H3. The van der Waals surface area contributed by atoms with Crippen molar-refractivity contribution in [2.75, 3.05) is 13.1 Å². The van der Waals surface area contributed by atoms with Crippen LogP contribution in [0.4, 0.5) is 0 Å². The van der Waals surface area contributed by atoms with Crippen LogP contribution in [0.5, 0.6) is 0 Å². The predicted octanol–water partition coefficient (Wildman–Crippen LogP) is 4.95. The Morgan fingerprint density at radius 1 is 1.00 bits per heavy atom. The van der Waals surface area contributed by atoms with E-state index in [1.54, 1.807) is 0 Å². The molecule has 0 N–H and O–H groups in total. The van der Waals surface area contributed by atoms with E-state index in [0.717, 1.165) is 43.7 Å². The van der Waals surface area contributed by atoms with Crippen molar-refractivity contribution in [2.24, 2.45) is 5.92 Å². The summed E-state index contributed by atoms with van der Waals surface area (Å²) in [7, 11) is 0. The Labute approximate surface area is 156 Å². The van der Waals surface area contributed by atoms with Crippen molar-refractivity contribution in [1.29, 1.82) is 0 Å². The molecule has 0 bridgehead atoms. The molecule has 1 atom stereocenters. The molecule has 2 aromatic rings. The first-order valence-corrected chi connectivity index (χ1v) is 10.0. The number of hydrogen-bond donors (Lipinski definition) is 0. The lowest BCUT2D eigenvalue weighted by atomic mass is 9.88. The van der Waals surface area contributed by atoms with Crippen LogP contribution < -0.4 is 0 Å². The van der Waals surface area contributed by atoms with Gasteiger partial charge < -0.3 is 4.90 Å². The van der Waals surface area contributed by atoms with E-state index in [4.69, 9.17) is 4.98 Å². The van der Waals surface area contributed by atoms with Gasteiger partial charge in [-0.05, 0) is 49.4 Å². The quantitative estimate of drug-likeness (QED) is 0.786. The number of rotatable bonds is 3. The van der Waals surface area contributed by atoms with Gasteiger partial charge in [0.15, 0.2) is 0 Å². The third kappa shape index (κ3) is 3.67. The van der Waals surface area contributed by atoms with Crippen molar-refractivity contribution < 1.29 is 4.79 Å². The molecule has 1 amide bonds. The number of benzene rings is 1. The number of carbonyl (C=O) groups is 1. The summed E-state index contributed by atoms with van der Waals surface area (Å²) < 4.78 is 0. The number of nitrogens with zero attached hydrogens (tertiary/aromatic N) is 2. The monoisotopic (exact) mass is 348 g/mol. The summed E-state index contributed by atoms with van der Waals surface area (Å²) in [6.07, 6.45) is 6.92. The zero-order chi connectivity index (χ0) is 17.9.